The number of carboxylic acids is 1. The quantitative estimate of drug-likeness (QED) is 0.436. The van der Waals surface area contributed by atoms with Gasteiger partial charge in [-0.05, 0) is 40.8 Å². The van der Waals surface area contributed by atoms with Gasteiger partial charge in [-0.15, -0.1) is 0 Å². The Labute approximate surface area is 204 Å². The number of hydrogen-bond donors (Lipinski definition) is 2. The SMILES string of the molecule is CCCN(CCC(=O)O)C(=O)c1ccccc1NC(=O)OCC1c2ccccc2-c2ccccc21. The molecule has 0 unspecified atom stereocenters. The monoisotopic (exact) mass is 472 g/mol. The molecule has 2 amide bonds. The van der Waals surface area contributed by atoms with Crippen molar-refractivity contribution in [1.29, 1.82) is 0 Å². The van der Waals surface area contributed by atoms with E-state index in [1.165, 1.54) is 4.90 Å². The summed E-state index contributed by atoms with van der Waals surface area (Å²) in [6.45, 7) is 2.60. The lowest BCUT2D eigenvalue weighted by atomic mass is 9.98. The number of ether oxygens (including phenoxy) is 1. The molecule has 7 heteroatoms. The van der Waals surface area contributed by atoms with Gasteiger partial charge in [-0.25, -0.2) is 4.79 Å². The molecule has 7 nitrogen and oxygen atoms in total. The van der Waals surface area contributed by atoms with Crippen LogP contribution in [0.5, 0.6) is 0 Å². The third-order valence-corrected chi connectivity index (χ3v) is 6.11. The third kappa shape index (κ3) is 5.35. The van der Waals surface area contributed by atoms with Crippen LogP contribution < -0.4 is 5.32 Å². The van der Waals surface area contributed by atoms with Crippen LogP contribution >= 0.6 is 0 Å². The molecule has 0 saturated heterocycles. The number of carbonyl (C=O) groups is 3. The summed E-state index contributed by atoms with van der Waals surface area (Å²) in [6.07, 6.45) is -0.110. The van der Waals surface area contributed by atoms with Crippen LogP contribution in [0.3, 0.4) is 0 Å². The number of hydrogen-bond acceptors (Lipinski definition) is 4. The van der Waals surface area contributed by atoms with Gasteiger partial charge in [0.1, 0.15) is 6.61 Å². The van der Waals surface area contributed by atoms with Gasteiger partial charge in [-0.1, -0.05) is 67.6 Å². The topological polar surface area (TPSA) is 95.9 Å². The van der Waals surface area contributed by atoms with Crippen molar-refractivity contribution in [2.45, 2.75) is 25.7 Å². The van der Waals surface area contributed by atoms with Crippen LogP contribution in [0.1, 0.15) is 47.2 Å². The Morgan fingerprint density at radius 3 is 2.11 bits per heavy atom. The number of fused-ring (bicyclic) bond motifs is 3. The maximum atomic E-state index is 13.1. The Balaban J connectivity index is 1.46. The highest BCUT2D eigenvalue weighted by Gasteiger charge is 2.29. The van der Waals surface area contributed by atoms with E-state index in [0.29, 0.717) is 24.2 Å². The highest BCUT2D eigenvalue weighted by Crippen LogP contribution is 2.44. The Bertz CT molecular complexity index is 1190. The number of amides is 2. The van der Waals surface area contributed by atoms with E-state index in [9.17, 15) is 14.4 Å². The van der Waals surface area contributed by atoms with Crippen LogP contribution in [0.25, 0.3) is 11.1 Å². The number of nitrogens with one attached hydrogen (secondary N) is 1. The Hall–Kier alpha value is -4.13. The first-order valence-electron chi connectivity index (χ1n) is 11.7. The molecular weight excluding hydrogens is 444 g/mol. The maximum absolute atomic E-state index is 13.1. The number of carbonyl (C=O) groups excluding carboxylic acids is 2. The first-order chi connectivity index (χ1) is 17.0. The molecule has 3 aromatic rings. The van der Waals surface area contributed by atoms with Crippen molar-refractivity contribution in [2.24, 2.45) is 0 Å². The highest BCUT2D eigenvalue weighted by molar-refractivity contribution is 6.02. The van der Waals surface area contributed by atoms with E-state index >= 15 is 0 Å². The molecule has 0 saturated carbocycles. The van der Waals surface area contributed by atoms with E-state index in [1.807, 2.05) is 31.2 Å². The molecule has 35 heavy (non-hydrogen) atoms. The summed E-state index contributed by atoms with van der Waals surface area (Å²) in [4.78, 5) is 38.4. The van der Waals surface area contributed by atoms with E-state index in [1.54, 1.807) is 24.3 Å². The van der Waals surface area contributed by atoms with Crippen molar-refractivity contribution < 1.29 is 24.2 Å². The summed E-state index contributed by atoms with van der Waals surface area (Å²) in [5, 5.41) is 11.7. The molecule has 0 aromatic heterocycles. The minimum atomic E-state index is -0.969. The number of aliphatic carboxylic acids is 1. The van der Waals surface area contributed by atoms with Crippen LogP contribution in [-0.2, 0) is 9.53 Å². The zero-order valence-electron chi connectivity index (χ0n) is 19.6. The van der Waals surface area contributed by atoms with Gasteiger partial charge in [0, 0.05) is 19.0 Å². The van der Waals surface area contributed by atoms with E-state index in [2.05, 4.69) is 29.6 Å². The summed E-state index contributed by atoms with van der Waals surface area (Å²) < 4.78 is 5.61. The Kier molecular flexibility index (Phi) is 7.45. The van der Waals surface area contributed by atoms with Crippen molar-refractivity contribution in [3.63, 3.8) is 0 Å². The third-order valence-electron chi connectivity index (χ3n) is 6.11. The van der Waals surface area contributed by atoms with Gasteiger partial charge in [0.25, 0.3) is 5.91 Å². The molecule has 1 aliphatic rings. The Morgan fingerprint density at radius 1 is 0.886 bits per heavy atom. The summed E-state index contributed by atoms with van der Waals surface area (Å²) in [7, 11) is 0. The van der Waals surface area contributed by atoms with Crippen molar-refractivity contribution >= 4 is 23.7 Å². The molecular formula is C28H28N2O5. The summed E-state index contributed by atoms with van der Waals surface area (Å²) in [6, 6.07) is 22.9. The molecule has 0 fully saturated rings. The first-order valence-corrected chi connectivity index (χ1v) is 11.7. The average molecular weight is 473 g/mol. The van der Waals surface area contributed by atoms with Crippen LogP contribution in [0, 0.1) is 0 Å². The summed E-state index contributed by atoms with van der Waals surface area (Å²) >= 11 is 0. The van der Waals surface area contributed by atoms with Crippen LogP contribution in [0.2, 0.25) is 0 Å². The molecule has 0 radical (unpaired) electrons. The second-order valence-corrected chi connectivity index (χ2v) is 8.43. The largest absolute Gasteiger partial charge is 0.481 e. The van der Waals surface area contributed by atoms with Gasteiger partial charge < -0.3 is 14.7 Å². The lowest BCUT2D eigenvalue weighted by Gasteiger charge is -2.23. The molecule has 1 aliphatic carbocycles. The van der Waals surface area contributed by atoms with Gasteiger partial charge >= 0.3 is 12.1 Å². The molecule has 0 spiro atoms. The average Bonchev–Trinajstić information content (AvgIpc) is 3.19. The lowest BCUT2D eigenvalue weighted by molar-refractivity contribution is -0.137. The second-order valence-electron chi connectivity index (χ2n) is 8.43. The van der Waals surface area contributed by atoms with E-state index < -0.39 is 12.1 Å². The minimum absolute atomic E-state index is 0.0684. The van der Waals surface area contributed by atoms with Crippen LogP contribution in [0.15, 0.2) is 72.8 Å². The molecule has 2 N–H and O–H groups in total. The number of benzene rings is 3. The highest BCUT2D eigenvalue weighted by atomic mass is 16.5. The van der Waals surface area contributed by atoms with E-state index in [4.69, 9.17) is 9.84 Å². The standard InChI is InChI=1S/C28H28N2O5/c1-2-16-30(17-15-26(31)32)27(33)23-13-7-8-14-25(23)29-28(34)35-18-24-21-11-5-3-9-19(21)20-10-4-6-12-22(20)24/h3-14,24H,2,15-18H2,1H3,(H,29,34)(H,31,32). The van der Waals surface area contributed by atoms with Crippen molar-refractivity contribution in [3.05, 3.63) is 89.5 Å². The minimum Gasteiger partial charge on any atom is -0.481 e. The van der Waals surface area contributed by atoms with Crippen molar-refractivity contribution in [3.8, 4) is 11.1 Å². The zero-order chi connectivity index (χ0) is 24.8. The number of rotatable bonds is 9. The fraction of sp³-hybridized carbons (Fsp3) is 0.250. The molecule has 3 aromatic carbocycles. The maximum Gasteiger partial charge on any atom is 0.411 e. The molecule has 180 valence electrons. The van der Waals surface area contributed by atoms with Gasteiger partial charge in [0.05, 0.1) is 17.7 Å². The fourth-order valence-electron chi connectivity index (χ4n) is 4.51. The van der Waals surface area contributed by atoms with Gasteiger partial charge in [0.2, 0.25) is 0 Å². The van der Waals surface area contributed by atoms with Crippen LogP contribution in [0.4, 0.5) is 10.5 Å². The van der Waals surface area contributed by atoms with E-state index in [0.717, 1.165) is 22.3 Å². The zero-order valence-corrected chi connectivity index (χ0v) is 19.6. The Morgan fingerprint density at radius 2 is 1.49 bits per heavy atom. The first kappa shape index (κ1) is 24.0. The predicted octanol–water partition coefficient (Wildman–Crippen LogP) is 5.37. The number of anilines is 1. The molecule has 0 bridgehead atoms. The van der Waals surface area contributed by atoms with Crippen molar-refractivity contribution in [2.75, 3.05) is 25.0 Å². The lowest BCUT2D eigenvalue weighted by Crippen LogP contribution is -2.34. The molecule has 4 rings (SSSR count). The normalized spacial score (nSPS) is 11.9. The number of nitrogens with zero attached hydrogens (tertiary/aromatic N) is 1. The number of para-hydroxylation sites is 1. The molecule has 0 atom stereocenters. The summed E-state index contributed by atoms with van der Waals surface area (Å²) in [5.41, 5.74) is 5.14. The van der Waals surface area contributed by atoms with Crippen LogP contribution in [-0.4, -0.2) is 47.7 Å². The molecule has 0 aliphatic heterocycles. The van der Waals surface area contributed by atoms with Gasteiger partial charge in [-0.2, -0.15) is 0 Å². The molecule has 0 heterocycles. The summed E-state index contributed by atoms with van der Waals surface area (Å²) in [5.74, 6) is -1.37. The second kappa shape index (κ2) is 10.9. The van der Waals surface area contributed by atoms with Crippen molar-refractivity contribution in [1.82, 2.24) is 4.90 Å². The van der Waals surface area contributed by atoms with Gasteiger partial charge in [-0.3, -0.25) is 14.9 Å². The van der Waals surface area contributed by atoms with Gasteiger partial charge in [0.15, 0.2) is 0 Å². The smallest absolute Gasteiger partial charge is 0.411 e. The number of carboxylic acid groups (broad SMARTS) is 1. The fourth-order valence-corrected chi connectivity index (χ4v) is 4.51. The van der Waals surface area contributed by atoms with E-state index in [-0.39, 0.29) is 31.4 Å². The predicted molar refractivity (Wildman–Crippen MR) is 134 cm³/mol.